The molecular weight excluding hydrogens is 417 g/mol. The van der Waals surface area contributed by atoms with Crippen molar-refractivity contribution in [1.82, 2.24) is 4.57 Å². The smallest absolute Gasteiger partial charge is 0.266 e. The van der Waals surface area contributed by atoms with E-state index in [1.54, 1.807) is 0 Å². The third-order valence-electron chi connectivity index (χ3n) is 5.59. The molecule has 0 saturated carbocycles. The third kappa shape index (κ3) is 3.47. The van der Waals surface area contributed by atoms with Gasteiger partial charge >= 0.3 is 0 Å². The van der Waals surface area contributed by atoms with Crippen molar-refractivity contribution in [3.05, 3.63) is 82.7 Å². The Kier molecular flexibility index (Phi) is 4.97. The van der Waals surface area contributed by atoms with Crippen LogP contribution in [0.25, 0.3) is 22.0 Å². The highest BCUT2D eigenvalue weighted by molar-refractivity contribution is 6.42. The van der Waals surface area contributed by atoms with Gasteiger partial charge in [0.1, 0.15) is 6.20 Å². The minimum absolute atomic E-state index is 0.0441. The van der Waals surface area contributed by atoms with Crippen LogP contribution in [0.5, 0.6) is 0 Å². The molecule has 1 amide bonds. The molecule has 2 heterocycles. The molecule has 6 heteroatoms. The van der Waals surface area contributed by atoms with E-state index in [0.717, 1.165) is 52.9 Å². The standard InChI is InChI=1S/C24H19Cl2N3O/c25-19-11-10-17(13-20(19)26)22-14-28(24-9-4-12-29(22)24)15-23(30)27-21-8-3-6-16-5-1-2-7-18(16)21/h1-3,5-8,10-11,13-14H,4,9,12,15H2/p+1. The number of carbonyl (C=O) groups excluding carboxylic acids is 1. The van der Waals surface area contributed by atoms with Gasteiger partial charge in [-0.1, -0.05) is 59.6 Å². The Bertz CT molecular complexity index is 1270. The van der Waals surface area contributed by atoms with Crippen molar-refractivity contribution in [1.29, 1.82) is 0 Å². The lowest BCUT2D eigenvalue weighted by molar-refractivity contribution is -0.690. The number of aromatic nitrogens is 2. The minimum atomic E-state index is -0.0441. The number of anilines is 1. The van der Waals surface area contributed by atoms with E-state index in [9.17, 15) is 4.79 Å². The van der Waals surface area contributed by atoms with Crippen LogP contribution in [-0.2, 0) is 24.3 Å². The summed E-state index contributed by atoms with van der Waals surface area (Å²) < 4.78 is 4.32. The molecule has 0 atom stereocenters. The molecule has 3 aromatic carbocycles. The predicted octanol–water partition coefficient (Wildman–Crippen LogP) is 5.49. The molecule has 150 valence electrons. The lowest BCUT2D eigenvalue weighted by atomic mass is 10.1. The van der Waals surface area contributed by atoms with Crippen molar-refractivity contribution in [2.24, 2.45) is 0 Å². The zero-order chi connectivity index (χ0) is 20.7. The first-order valence-corrected chi connectivity index (χ1v) is 10.7. The van der Waals surface area contributed by atoms with Gasteiger partial charge in [0.05, 0.1) is 23.0 Å². The Labute approximate surface area is 184 Å². The highest BCUT2D eigenvalue weighted by atomic mass is 35.5. The molecule has 1 aliphatic rings. The fourth-order valence-electron chi connectivity index (χ4n) is 4.21. The summed E-state index contributed by atoms with van der Waals surface area (Å²) in [7, 11) is 0. The number of amides is 1. The van der Waals surface area contributed by atoms with Gasteiger partial charge in [0.15, 0.2) is 12.2 Å². The molecule has 1 N–H and O–H groups in total. The number of halogens is 2. The number of benzene rings is 3. The van der Waals surface area contributed by atoms with Crippen LogP contribution in [0.1, 0.15) is 12.2 Å². The molecule has 5 rings (SSSR count). The first kappa shape index (κ1) is 19.2. The summed E-state index contributed by atoms with van der Waals surface area (Å²) in [5, 5.41) is 6.30. The van der Waals surface area contributed by atoms with Gasteiger partial charge < -0.3 is 5.32 Å². The topological polar surface area (TPSA) is 37.9 Å². The number of nitrogens with one attached hydrogen (secondary N) is 1. The van der Waals surface area contributed by atoms with Gasteiger partial charge in [-0.25, -0.2) is 9.13 Å². The Hall–Kier alpha value is -2.82. The lowest BCUT2D eigenvalue weighted by Gasteiger charge is -2.08. The van der Waals surface area contributed by atoms with Crippen molar-refractivity contribution < 1.29 is 9.36 Å². The quantitative estimate of drug-likeness (QED) is 0.422. The maximum absolute atomic E-state index is 12.9. The van der Waals surface area contributed by atoms with Gasteiger partial charge in [0, 0.05) is 16.6 Å². The van der Waals surface area contributed by atoms with E-state index in [0.29, 0.717) is 10.0 Å². The molecule has 0 bridgehead atoms. The van der Waals surface area contributed by atoms with Gasteiger partial charge in [0.2, 0.25) is 0 Å². The maximum Gasteiger partial charge on any atom is 0.266 e. The summed E-state index contributed by atoms with van der Waals surface area (Å²) in [6.07, 6.45) is 4.05. The highest BCUT2D eigenvalue weighted by Crippen LogP contribution is 2.30. The Morgan fingerprint density at radius 1 is 1.03 bits per heavy atom. The minimum Gasteiger partial charge on any atom is -0.322 e. The zero-order valence-corrected chi connectivity index (χ0v) is 17.7. The van der Waals surface area contributed by atoms with Crippen LogP contribution in [0.15, 0.2) is 66.9 Å². The van der Waals surface area contributed by atoms with E-state index in [1.807, 2.05) is 71.4 Å². The molecule has 30 heavy (non-hydrogen) atoms. The second kappa shape index (κ2) is 7.78. The van der Waals surface area contributed by atoms with Crippen molar-refractivity contribution in [3.63, 3.8) is 0 Å². The first-order chi connectivity index (χ1) is 14.6. The molecule has 1 aromatic heterocycles. The van der Waals surface area contributed by atoms with Crippen LogP contribution in [0, 0.1) is 0 Å². The predicted molar refractivity (Wildman–Crippen MR) is 121 cm³/mol. The number of rotatable bonds is 4. The maximum atomic E-state index is 12.9. The van der Waals surface area contributed by atoms with Crippen LogP contribution in [0.2, 0.25) is 10.0 Å². The second-order valence-electron chi connectivity index (χ2n) is 7.52. The number of hydrogen-bond acceptors (Lipinski definition) is 1. The van der Waals surface area contributed by atoms with Crippen molar-refractivity contribution in [3.8, 4) is 11.3 Å². The second-order valence-corrected chi connectivity index (χ2v) is 8.33. The fourth-order valence-corrected chi connectivity index (χ4v) is 4.51. The van der Waals surface area contributed by atoms with E-state index >= 15 is 0 Å². The molecule has 0 unspecified atom stereocenters. The number of nitrogens with zero attached hydrogens (tertiary/aromatic N) is 2. The van der Waals surface area contributed by atoms with Gasteiger partial charge in [-0.15, -0.1) is 0 Å². The third-order valence-corrected chi connectivity index (χ3v) is 6.33. The summed E-state index contributed by atoms with van der Waals surface area (Å²) in [5.74, 6) is 1.11. The lowest BCUT2D eigenvalue weighted by Crippen LogP contribution is -2.42. The van der Waals surface area contributed by atoms with Crippen molar-refractivity contribution >= 4 is 45.6 Å². The average Bonchev–Trinajstić information content (AvgIpc) is 3.34. The van der Waals surface area contributed by atoms with E-state index in [1.165, 1.54) is 0 Å². The fraction of sp³-hybridized carbons (Fsp3) is 0.167. The van der Waals surface area contributed by atoms with E-state index < -0.39 is 0 Å². The van der Waals surface area contributed by atoms with E-state index in [-0.39, 0.29) is 12.5 Å². The van der Waals surface area contributed by atoms with Crippen molar-refractivity contribution in [2.75, 3.05) is 5.32 Å². The normalized spacial score (nSPS) is 12.9. The molecule has 1 aliphatic heterocycles. The Balaban J connectivity index is 1.44. The van der Waals surface area contributed by atoms with Crippen LogP contribution in [-0.4, -0.2) is 10.5 Å². The number of carbonyl (C=O) groups is 1. The molecule has 0 fully saturated rings. The first-order valence-electron chi connectivity index (χ1n) is 9.95. The van der Waals surface area contributed by atoms with E-state index in [2.05, 4.69) is 9.88 Å². The largest absolute Gasteiger partial charge is 0.322 e. The van der Waals surface area contributed by atoms with Crippen LogP contribution in [0.3, 0.4) is 0 Å². The molecular formula is C24H20Cl2N3O+. The molecule has 0 radical (unpaired) electrons. The van der Waals surface area contributed by atoms with Gasteiger partial charge in [-0.05, 0) is 36.1 Å². The molecule has 4 aromatic rings. The summed E-state index contributed by atoms with van der Waals surface area (Å²) in [6.45, 7) is 1.20. The molecule has 0 spiro atoms. The summed E-state index contributed by atoms with van der Waals surface area (Å²) in [6, 6.07) is 19.7. The number of hydrogen-bond donors (Lipinski definition) is 1. The summed E-state index contributed by atoms with van der Waals surface area (Å²) >= 11 is 12.3. The zero-order valence-electron chi connectivity index (χ0n) is 16.2. The van der Waals surface area contributed by atoms with Crippen LogP contribution < -0.4 is 9.88 Å². The molecule has 4 nitrogen and oxygen atoms in total. The Morgan fingerprint density at radius 3 is 2.73 bits per heavy atom. The number of fused-ring (bicyclic) bond motifs is 2. The Morgan fingerprint density at radius 2 is 1.87 bits per heavy atom. The number of imidazole rings is 1. The van der Waals surface area contributed by atoms with Gasteiger partial charge in [-0.2, -0.15) is 0 Å². The summed E-state index contributed by atoms with van der Waals surface area (Å²) in [5.41, 5.74) is 2.89. The molecule has 0 aliphatic carbocycles. The van der Waals surface area contributed by atoms with E-state index in [4.69, 9.17) is 23.2 Å². The average molecular weight is 437 g/mol. The van der Waals surface area contributed by atoms with Gasteiger partial charge in [0.25, 0.3) is 11.7 Å². The van der Waals surface area contributed by atoms with Gasteiger partial charge in [-0.3, -0.25) is 4.79 Å². The van der Waals surface area contributed by atoms with Crippen molar-refractivity contribution in [2.45, 2.75) is 25.9 Å². The van der Waals surface area contributed by atoms with Crippen LogP contribution in [0.4, 0.5) is 5.69 Å². The molecule has 0 saturated heterocycles. The monoisotopic (exact) mass is 436 g/mol. The summed E-state index contributed by atoms with van der Waals surface area (Å²) in [4.78, 5) is 12.9. The highest BCUT2D eigenvalue weighted by Gasteiger charge is 2.29. The van der Waals surface area contributed by atoms with Crippen LogP contribution >= 0.6 is 23.2 Å². The SMILES string of the molecule is O=C(C[n+]1cc(-c2ccc(Cl)c(Cl)c2)n2c1CCC2)Nc1cccc2ccccc12.